The van der Waals surface area contributed by atoms with Crippen molar-refractivity contribution in [1.29, 1.82) is 5.26 Å². The first-order valence-corrected chi connectivity index (χ1v) is 10.2. The highest BCUT2D eigenvalue weighted by Gasteiger charge is 2.33. The second-order valence-electron chi connectivity index (χ2n) is 8.21. The number of amides is 1. The molecule has 1 aliphatic carbocycles. The summed E-state index contributed by atoms with van der Waals surface area (Å²) in [6.07, 6.45) is 2.95. The van der Waals surface area contributed by atoms with Crippen LogP contribution in [0.4, 0.5) is 10.7 Å². The Kier molecular flexibility index (Phi) is 4.37. The van der Waals surface area contributed by atoms with Crippen molar-refractivity contribution in [3.05, 3.63) is 44.8 Å². The number of carbonyl (C=O) groups excluding carboxylic acids is 1. The van der Waals surface area contributed by atoms with Crippen molar-refractivity contribution in [3.63, 3.8) is 0 Å². The van der Waals surface area contributed by atoms with Gasteiger partial charge in [-0.05, 0) is 54.4 Å². The van der Waals surface area contributed by atoms with E-state index >= 15 is 0 Å². The molecule has 0 spiro atoms. The second kappa shape index (κ2) is 6.47. The molecule has 4 rings (SSSR count). The average molecular weight is 398 g/mol. The first-order chi connectivity index (χ1) is 12.8. The van der Waals surface area contributed by atoms with E-state index in [2.05, 4.69) is 37.1 Å². The summed E-state index contributed by atoms with van der Waals surface area (Å²) in [6, 6.07) is 7.58. The maximum atomic E-state index is 12.4. The van der Waals surface area contributed by atoms with E-state index in [0.29, 0.717) is 38.5 Å². The normalized spacial score (nSPS) is 20.2. The number of carbonyl (C=O) groups is 1. The average Bonchev–Trinajstić information content (AvgIpc) is 3.11. The molecule has 1 aromatic carbocycles. The highest BCUT2D eigenvalue weighted by atomic mass is 35.5. The molecule has 2 aliphatic rings. The van der Waals surface area contributed by atoms with E-state index in [1.165, 1.54) is 4.88 Å². The molecular formula is C21H20ClN3OS. The van der Waals surface area contributed by atoms with E-state index in [4.69, 9.17) is 11.6 Å². The summed E-state index contributed by atoms with van der Waals surface area (Å²) in [6.45, 7) is 6.81. The molecule has 4 nitrogen and oxygen atoms in total. The van der Waals surface area contributed by atoms with Gasteiger partial charge in [0, 0.05) is 15.5 Å². The number of rotatable bonds is 1. The molecule has 0 fully saturated rings. The molecule has 6 heteroatoms. The van der Waals surface area contributed by atoms with Gasteiger partial charge in [0.15, 0.2) is 0 Å². The van der Waals surface area contributed by atoms with Gasteiger partial charge in [-0.3, -0.25) is 4.79 Å². The molecule has 0 saturated carbocycles. The highest BCUT2D eigenvalue weighted by molar-refractivity contribution is 7.16. The first kappa shape index (κ1) is 18.2. The van der Waals surface area contributed by atoms with Gasteiger partial charge in [-0.25, -0.2) is 4.99 Å². The SMILES string of the molecule is CC(C)(C)[C@H]1CCc2c(sc(N=C3C(=O)Nc4ccc(Cl)cc43)c2C#N)C1. The van der Waals surface area contributed by atoms with Crippen LogP contribution in [0, 0.1) is 22.7 Å². The second-order valence-corrected chi connectivity index (χ2v) is 9.73. The molecule has 0 bridgehead atoms. The van der Waals surface area contributed by atoms with E-state index in [-0.39, 0.29) is 11.3 Å². The van der Waals surface area contributed by atoms with Crippen LogP contribution >= 0.6 is 22.9 Å². The van der Waals surface area contributed by atoms with Crippen LogP contribution in [0.25, 0.3) is 0 Å². The molecule has 2 aromatic rings. The fourth-order valence-electron chi connectivity index (χ4n) is 3.84. The summed E-state index contributed by atoms with van der Waals surface area (Å²) in [5.74, 6) is 0.333. The van der Waals surface area contributed by atoms with Crippen LogP contribution in [0.2, 0.25) is 5.02 Å². The minimum Gasteiger partial charge on any atom is -0.320 e. The summed E-state index contributed by atoms with van der Waals surface area (Å²) in [5.41, 5.74) is 3.70. The molecule has 1 N–H and O–H groups in total. The number of hydrogen-bond donors (Lipinski definition) is 1. The maximum absolute atomic E-state index is 12.4. The maximum Gasteiger partial charge on any atom is 0.275 e. The van der Waals surface area contributed by atoms with Gasteiger partial charge in [0.05, 0.1) is 11.3 Å². The highest BCUT2D eigenvalue weighted by Crippen LogP contribution is 2.45. The number of hydrogen-bond acceptors (Lipinski definition) is 4. The third kappa shape index (κ3) is 3.18. The fourth-order valence-corrected chi connectivity index (χ4v) is 5.27. The van der Waals surface area contributed by atoms with E-state index in [0.717, 1.165) is 24.8 Å². The van der Waals surface area contributed by atoms with Gasteiger partial charge in [-0.15, -0.1) is 11.3 Å². The van der Waals surface area contributed by atoms with Crippen LogP contribution in [0.15, 0.2) is 23.2 Å². The Balaban J connectivity index is 1.78. The molecule has 2 heterocycles. The summed E-state index contributed by atoms with van der Waals surface area (Å²) < 4.78 is 0. The zero-order chi connectivity index (χ0) is 19.3. The molecular weight excluding hydrogens is 378 g/mol. The molecule has 1 amide bonds. The lowest BCUT2D eigenvalue weighted by Gasteiger charge is -2.33. The van der Waals surface area contributed by atoms with Gasteiger partial charge < -0.3 is 5.32 Å². The predicted molar refractivity (Wildman–Crippen MR) is 110 cm³/mol. The number of nitrogens with zero attached hydrogens (tertiary/aromatic N) is 2. The van der Waals surface area contributed by atoms with E-state index in [1.54, 1.807) is 29.5 Å². The van der Waals surface area contributed by atoms with Crippen LogP contribution in [-0.4, -0.2) is 11.6 Å². The summed E-state index contributed by atoms with van der Waals surface area (Å²) in [7, 11) is 0. The minimum absolute atomic E-state index is 0.238. The molecule has 1 atom stereocenters. The molecule has 0 radical (unpaired) electrons. The van der Waals surface area contributed by atoms with Gasteiger partial charge in [-0.1, -0.05) is 32.4 Å². The number of nitrogens with one attached hydrogen (secondary N) is 1. The third-order valence-corrected chi connectivity index (χ3v) is 6.88. The number of halogens is 1. The largest absolute Gasteiger partial charge is 0.320 e. The standard InChI is InChI=1S/C21H20ClN3OS/c1-21(2,3)11-4-6-13-15(10-23)20(27-17(13)8-11)25-18-14-9-12(22)5-7-16(14)24-19(18)26/h5,7,9,11H,4,6,8H2,1-3H3,(H,24,25,26)/t11-/m0/s1. The monoisotopic (exact) mass is 397 g/mol. The van der Waals surface area contributed by atoms with Crippen LogP contribution in [0.3, 0.4) is 0 Å². The lowest BCUT2D eigenvalue weighted by molar-refractivity contribution is -0.110. The smallest absolute Gasteiger partial charge is 0.275 e. The first-order valence-electron chi connectivity index (χ1n) is 9.02. The summed E-state index contributed by atoms with van der Waals surface area (Å²) in [4.78, 5) is 18.3. The predicted octanol–water partition coefficient (Wildman–Crippen LogP) is 5.50. The Labute approximate surface area is 167 Å². The van der Waals surface area contributed by atoms with Crippen molar-refractivity contribution < 1.29 is 4.79 Å². The third-order valence-electron chi connectivity index (χ3n) is 5.50. The Bertz CT molecular complexity index is 1020. The van der Waals surface area contributed by atoms with Crippen molar-refractivity contribution in [1.82, 2.24) is 0 Å². The van der Waals surface area contributed by atoms with E-state index in [9.17, 15) is 10.1 Å². The summed E-state index contributed by atoms with van der Waals surface area (Å²) in [5, 5.41) is 13.7. The van der Waals surface area contributed by atoms with Crippen LogP contribution in [0.1, 0.15) is 48.8 Å². The Morgan fingerprint density at radius 3 is 2.85 bits per heavy atom. The fraction of sp³-hybridized carbons (Fsp3) is 0.381. The van der Waals surface area contributed by atoms with Gasteiger partial charge in [0.1, 0.15) is 16.8 Å². The zero-order valence-electron chi connectivity index (χ0n) is 15.5. The van der Waals surface area contributed by atoms with Crippen molar-refractivity contribution in [3.8, 4) is 6.07 Å². The van der Waals surface area contributed by atoms with Gasteiger partial charge in [0.25, 0.3) is 5.91 Å². The van der Waals surface area contributed by atoms with Crippen LogP contribution in [0.5, 0.6) is 0 Å². The van der Waals surface area contributed by atoms with Gasteiger partial charge >= 0.3 is 0 Å². The summed E-state index contributed by atoms with van der Waals surface area (Å²) >= 11 is 7.65. The number of thiophene rings is 1. The quantitative estimate of drug-likeness (QED) is 0.690. The van der Waals surface area contributed by atoms with E-state index < -0.39 is 0 Å². The molecule has 27 heavy (non-hydrogen) atoms. The Morgan fingerprint density at radius 1 is 1.37 bits per heavy atom. The lowest BCUT2D eigenvalue weighted by Crippen LogP contribution is -2.26. The molecule has 1 aromatic heterocycles. The number of anilines is 1. The minimum atomic E-state index is -0.255. The van der Waals surface area contributed by atoms with Crippen LogP contribution in [-0.2, 0) is 17.6 Å². The zero-order valence-corrected chi connectivity index (χ0v) is 17.1. The van der Waals surface area contributed by atoms with Crippen molar-refractivity contribution in [2.75, 3.05) is 5.32 Å². The number of aliphatic imine (C=N–C) groups is 1. The van der Waals surface area contributed by atoms with Crippen LogP contribution < -0.4 is 5.32 Å². The van der Waals surface area contributed by atoms with Gasteiger partial charge in [-0.2, -0.15) is 5.26 Å². The molecule has 1 aliphatic heterocycles. The molecule has 138 valence electrons. The number of benzene rings is 1. The number of fused-ring (bicyclic) bond motifs is 2. The van der Waals surface area contributed by atoms with Crippen molar-refractivity contribution >= 4 is 45.2 Å². The lowest BCUT2D eigenvalue weighted by atomic mass is 9.72. The topological polar surface area (TPSA) is 65.2 Å². The number of nitriles is 1. The van der Waals surface area contributed by atoms with Crippen molar-refractivity contribution in [2.24, 2.45) is 16.3 Å². The van der Waals surface area contributed by atoms with Crippen molar-refractivity contribution in [2.45, 2.75) is 40.0 Å². The molecule has 0 unspecified atom stereocenters. The Morgan fingerprint density at radius 2 is 2.15 bits per heavy atom. The Hall–Kier alpha value is -2.16. The molecule has 0 saturated heterocycles. The van der Waals surface area contributed by atoms with Gasteiger partial charge in [0.2, 0.25) is 0 Å². The van der Waals surface area contributed by atoms with E-state index in [1.807, 2.05) is 0 Å².